The molecule has 0 aliphatic carbocycles. The van der Waals surface area contributed by atoms with Crippen molar-refractivity contribution < 1.29 is 9.90 Å². The lowest BCUT2D eigenvalue weighted by atomic mass is 10.1. The first-order chi connectivity index (χ1) is 9.61. The Morgan fingerprint density at radius 1 is 1.45 bits per heavy atom. The molecule has 0 saturated carbocycles. The average Bonchev–Trinajstić information content (AvgIpc) is 2.82. The molecule has 1 aromatic heterocycles. The minimum atomic E-state index is -0.847. The number of aromatic amines is 1. The van der Waals surface area contributed by atoms with E-state index in [4.69, 9.17) is 5.73 Å². The van der Waals surface area contributed by atoms with Crippen molar-refractivity contribution in [2.45, 2.75) is 25.3 Å². The average molecular weight is 340 g/mol. The van der Waals surface area contributed by atoms with Crippen molar-refractivity contribution in [1.82, 2.24) is 4.98 Å². The monoisotopic (exact) mass is 339 g/mol. The van der Waals surface area contributed by atoms with Gasteiger partial charge in [0.25, 0.3) is 0 Å². The fraction of sp³-hybridized carbons (Fsp3) is 0.357. The van der Waals surface area contributed by atoms with Gasteiger partial charge in [-0.05, 0) is 53.9 Å². The fourth-order valence-electron chi connectivity index (χ4n) is 2.13. The maximum Gasteiger partial charge on any atom is 0.326 e. The van der Waals surface area contributed by atoms with E-state index in [1.54, 1.807) is 0 Å². The van der Waals surface area contributed by atoms with Gasteiger partial charge in [-0.3, -0.25) is 0 Å². The molecule has 0 unspecified atom stereocenters. The Kier molecular flexibility index (Phi) is 5.03. The first kappa shape index (κ1) is 14.9. The number of carboxylic acids is 1. The van der Waals surface area contributed by atoms with Gasteiger partial charge in [0.15, 0.2) is 0 Å². The van der Waals surface area contributed by atoms with Crippen molar-refractivity contribution in [1.29, 1.82) is 0 Å². The summed E-state index contributed by atoms with van der Waals surface area (Å²) in [6.07, 6.45) is 2.19. The van der Waals surface area contributed by atoms with E-state index in [1.807, 2.05) is 24.3 Å². The number of unbranched alkanes of at least 4 members (excludes halogenated alkanes) is 1. The summed E-state index contributed by atoms with van der Waals surface area (Å²) in [7, 11) is 0. The molecule has 2 aromatic rings. The van der Waals surface area contributed by atoms with E-state index < -0.39 is 12.0 Å². The number of rotatable bonds is 7. The zero-order chi connectivity index (χ0) is 14.5. The summed E-state index contributed by atoms with van der Waals surface area (Å²) < 4.78 is 0.957. The highest BCUT2D eigenvalue weighted by Crippen LogP contribution is 2.26. The lowest BCUT2D eigenvalue weighted by Gasteiger charge is -2.14. The molecule has 0 amide bonds. The van der Waals surface area contributed by atoms with Gasteiger partial charge in [0.05, 0.1) is 5.52 Å². The Labute approximate surface area is 125 Å². The number of hydrogen-bond acceptors (Lipinski definition) is 3. The molecule has 20 heavy (non-hydrogen) atoms. The van der Waals surface area contributed by atoms with Crippen LogP contribution in [0.25, 0.3) is 10.9 Å². The molecule has 1 heterocycles. The maximum atomic E-state index is 11.3. The summed E-state index contributed by atoms with van der Waals surface area (Å²) in [5.41, 5.74) is 6.39. The van der Waals surface area contributed by atoms with Gasteiger partial charge in [-0.25, -0.2) is 4.79 Å². The Balaban J connectivity index is 2.12. The van der Waals surface area contributed by atoms with Crippen molar-refractivity contribution in [3.63, 3.8) is 0 Å². The lowest BCUT2D eigenvalue weighted by Crippen LogP contribution is -2.29. The standard InChI is InChI=1S/C14H18BrN3O2/c15-10-5-3-4-9-8-12(18-13(9)10)17-11(14(19)20)6-1-2-7-16/h3-5,8,11,17-18H,1-2,6-7,16H2,(H,19,20)/t11-/m0/s1. The van der Waals surface area contributed by atoms with E-state index in [2.05, 4.69) is 26.2 Å². The predicted octanol–water partition coefficient (Wildman–Crippen LogP) is 2.92. The third-order valence-electron chi connectivity index (χ3n) is 3.18. The molecule has 0 aliphatic heterocycles. The largest absolute Gasteiger partial charge is 0.480 e. The Morgan fingerprint density at radius 2 is 2.25 bits per heavy atom. The predicted molar refractivity (Wildman–Crippen MR) is 84.0 cm³/mol. The minimum absolute atomic E-state index is 0.559. The molecule has 5 nitrogen and oxygen atoms in total. The van der Waals surface area contributed by atoms with E-state index in [0.29, 0.717) is 18.8 Å². The van der Waals surface area contributed by atoms with Crippen molar-refractivity contribution in [3.8, 4) is 0 Å². The van der Waals surface area contributed by atoms with Gasteiger partial charge in [0.1, 0.15) is 11.9 Å². The number of nitrogens with two attached hydrogens (primary N) is 1. The van der Waals surface area contributed by atoms with Crippen LogP contribution in [0.5, 0.6) is 0 Å². The summed E-state index contributed by atoms with van der Waals surface area (Å²) in [4.78, 5) is 14.5. The number of aliphatic carboxylic acids is 1. The van der Waals surface area contributed by atoms with Crippen LogP contribution >= 0.6 is 15.9 Å². The number of para-hydroxylation sites is 1. The fourth-order valence-corrected chi connectivity index (χ4v) is 2.62. The number of benzene rings is 1. The third kappa shape index (κ3) is 3.52. The Morgan fingerprint density at radius 3 is 2.90 bits per heavy atom. The van der Waals surface area contributed by atoms with Gasteiger partial charge < -0.3 is 21.1 Å². The zero-order valence-electron chi connectivity index (χ0n) is 11.0. The summed E-state index contributed by atoms with van der Waals surface area (Å²) in [5.74, 6) is -0.133. The molecule has 1 atom stereocenters. The molecule has 0 bridgehead atoms. The van der Waals surface area contributed by atoms with Crippen LogP contribution in [0, 0.1) is 0 Å². The van der Waals surface area contributed by atoms with E-state index in [9.17, 15) is 9.90 Å². The van der Waals surface area contributed by atoms with Crippen LogP contribution in [-0.4, -0.2) is 28.6 Å². The molecule has 108 valence electrons. The Bertz CT molecular complexity index is 597. The molecule has 0 aliphatic rings. The van der Waals surface area contributed by atoms with Crippen LogP contribution in [0.4, 0.5) is 5.82 Å². The zero-order valence-corrected chi connectivity index (χ0v) is 12.6. The van der Waals surface area contributed by atoms with Crippen molar-refractivity contribution in [3.05, 3.63) is 28.7 Å². The van der Waals surface area contributed by atoms with E-state index in [1.165, 1.54) is 0 Å². The summed E-state index contributed by atoms with van der Waals surface area (Å²) in [5, 5.41) is 13.3. The molecule has 2 rings (SSSR count). The Hall–Kier alpha value is -1.53. The number of anilines is 1. The van der Waals surface area contributed by atoms with Gasteiger partial charge in [-0.2, -0.15) is 0 Å². The smallest absolute Gasteiger partial charge is 0.326 e. The number of aromatic nitrogens is 1. The number of carbonyl (C=O) groups is 1. The molecule has 0 fully saturated rings. The van der Waals surface area contributed by atoms with Crippen molar-refractivity contribution in [2.75, 3.05) is 11.9 Å². The summed E-state index contributed by atoms with van der Waals surface area (Å²) >= 11 is 3.47. The van der Waals surface area contributed by atoms with E-state index in [-0.39, 0.29) is 0 Å². The van der Waals surface area contributed by atoms with Gasteiger partial charge in [0.2, 0.25) is 0 Å². The van der Waals surface area contributed by atoms with Crippen molar-refractivity contribution in [2.24, 2.45) is 5.73 Å². The van der Waals surface area contributed by atoms with Gasteiger partial charge in [0, 0.05) is 9.86 Å². The number of hydrogen-bond donors (Lipinski definition) is 4. The topological polar surface area (TPSA) is 91.1 Å². The summed E-state index contributed by atoms with van der Waals surface area (Å²) in [6, 6.07) is 7.18. The van der Waals surface area contributed by atoms with Crippen LogP contribution in [0.2, 0.25) is 0 Å². The summed E-state index contributed by atoms with van der Waals surface area (Å²) in [6.45, 7) is 0.589. The number of carboxylic acid groups (broad SMARTS) is 1. The van der Waals surface area contributed by atoms with E-state index >= 15 is 0 Å². The SMILES string of the molecule is NCCCC[C@H](Nc1cc2cccc(Br)c2[nH]1)C(=O)O. The molecule has 0 saturated heterocycles. The van der Waals surface area contributed by atoms with Crippen LogP contribution in [0.15, 0.2) is 28.7 Å². The van der Waals surface area contributed by atoms with Gasteiger partial charge in [-0.15, -0.1) is 0 Å². The molecular weight excluding hydrogens is 322 g/mol. The molecule has 6 heteroatoms. The molecule has 0 spiro atoms. The molecule has 5 N–H and O–H groups in total. The second-order valence-electron chi connectivity index (χ2n) is 4.71. The maximum absolute atomic E-state index is 11.3. The first-order valence-corrected chi connectivity index (χ1v) is 7.37. The van der Waals surface area contributed by atoms with Crippen molar-refractivity contribution >= 4 is 38.6 Å². The number of fused-ring (bicyclic) bond motifs is 1. The highest BCUT2D eigenvalue weighted by atomic mass is 79.9. The number of H-pyrrole nitrogens is 1. The first-order valence-electron chi connectivity index (χ1n) is 6.58. The second kappa shape index (κ2) is 6.76. The lowest BCUT2D eigenvalue weighted by molar-refractivity contribution is -0.138. The van der Waals surface area contributed by atoms with Crippen LogP contribution < -0.4 is 11.1 Å². The van der Waals surface area contributed by atoms with Crippen LogP contribution in [0.1, 0.15) is 19.3 Å². The molecule has 0 radical (unpaired) electrons. The quantitative estimate of drug-likeness (QED) is 0.583. The highest BCUT2D eigenvalue weighted by Gasteiger charge is 2.17. The highest BCUT2D eigenvalue weighted by molar-refractivity contribution is 9.10. The normalized spacial score (nSPS) is 12.5. The van der Waals surface area contributed by atoms with Crippen LogP contribution in [0.3, 0.4) is 0 Å². The van der Waals surface area contributed by atoms with Crippen LogP contribution in [-0.2, 0) is 4.79 Å². The minimum Gasteiger partial charge on any atom is -0.480 e. The second-order valence-corrected chi connectivity index (χ2v) is 5.56. The molecule has 1 aromatic carbocycles. The number of nitrogens with one attached hydrogen (secondary N) is 2. The van der Waals surface area contributed by atoms with E-state index in [0.717, 1.165) is 28.2 Å². The van der Waals surface area contributed by atoms with Gasteiger partial charge >= 0.3 is 5.97 Å². The van der Waals surface area contributed by atoms with Gasteiger partial charge in [-0.1, -0.05) is 12.1 Å². The molecular formula is C14H18BrN3O2. The third-order valence-corrected chi connectivity index (χ3v) is 3.84. The number of halogens is 1.